The molecule has 0 unspecified atom stereocenters. The van der Waals surface area contributed by atoms with Gasteiger partial charge >= 0.3 is 0 Å². The Kier molecular flexibility index (Phi) is 4.96. The molecule has 1 aliphatic heterocycles. The number of thioether (sulfide) groups is 2. The molecule has 2 rings (SSSR count). The van der Waals surface area contributed by atoms with Crippen LogP contribution in [0.4, 0.5) is 15.8 Å². The van der Waals surface area contributed by atoms with Crippen LogP contribution in [0, 0.1) is 15.9 Å². The third-order valence-corrected chi connectivity index (χ3v) is 4.57. The lowest BCUT2D eigenvalue weighted by Crippen LogP contribution is -2.15. The smallest absolute Gasteiger partial charge is 0.271 e. The standard InChI is InChI=1S/C11H10FN3O3S2/c12-8-2-1-7(15(17)18)5-9(8)14-10(16)6-20-11-13-3-4-19-11/h1-2,5H,3-4,6H2,(H,14,16). The van der Waals surface area contributed by atoms with Crippen LogP contribution in [0.3, 0.4) is 0 Å². The SMILES string of the molecule is O=C(CSC1=NCCS1)Nc1cc([N+](=O)[O-])ccc1F. The molecule has 6 nitrogen and oxygen atoms in total. The molecule has 1 aromatic rings. The van der Waals surface area contributed by atoms with Crippen molar-refractivity contribution in [3.63, 3.8) is 0 Å². The Labute approximate surface area is 122 Å². The van der Waals surface area contributed by atoms with Crippen molar-refractivity contribution in [1.29, 1.82) is 0 Å². The molecule has 9 heteroatoms. The number of nitrogens with one attached hydrogen (secondary N) is 1. The number of carbonyl (C=O) groups is 1. The predicted octanol–water partition coefficient (Wildman–Crippen LogP) is 2.51. The Morgan fingerprint density at radius 2 is 2.40 bits per heavy atom. The van der Waals surface area contributed by atoms with Gasteiger partial charge in [-0.15, -0.1) is 0 Å². The minimum absolute atomic E-state index is 0.0912. The van der Waals surface area contributed by atoms with Gasteiger partial charge in [0.05, 0.1) is 22.9 Å². The fourth-order valence-electron chi connectivity index (χ4n) is 1.44. The average molecular weight is 315 g/mol. The number of rotatable bonds is 4. The highest BCUT2D eigenvalue weighted by Gasteiger charge is 2.14. The fraction of sp³-hybridized carbons (Fsp3) is 0.273. The fourth-order valence-corrected chi connectivity index (χ4v) is 3.25. The van der Waals surface area contributed by atoms with Crippen molar-refractivity contribution in [1.82, 2.24) is 0 Å². The van der Waals surface area contributed by atoms with Crippen molar-refractivity contribution in [2.45, 2.75) is 0 Å². The van der Waals surface area contributed by atoms with E-state index in [1.54, 1.807) is 11.8 Å². The van der Waals surface area contributed by atoms with Crippen LogP contribution >= 0.6 is 23.5 Å². The van der Waals surface area contributed by atoms with E-state index in [1.165, 1.54) is 11.8 Å². The maximum absolute atomic E-state index is 13.5. The van der Waals surface area contributed by atoms with Crippen LogP contribution in [0.5, 0.6) is 0 Å². The van der Waals surface area contributed by atoms with Crippen molar-refractivity contribution >= 4 is 45.2 Å². The second kappa shape index (κ2) is 6.71. The number of anilines is 1. The van der Waals surface area contributed by atoms with Gasteiger partial charge in [0.25, 0.3) is 5.69 Å². The van der Waals surface area contributed by atoms with Crippen molar-refractivity contribution in [3.05, 3.63) is 34.1 Å². The Hall–Kier alpha value is -1.61. The van der Waals surface area contributed by atoms with Crippen molar-refractivity contribution in [2.75, 3.05) is 23.4 Å². The maximum Gasteiger partial charge on any atom is 0.271 e. The number of halogens is 1. The van der Waals surface area contributed by atoms with Crippen LogP contribution < -0.4 is 5.32 Å². The largest absolute Gasteiger partial charge is 0.323 e. The average Bonchev–Trinajstić information content (AvgIpc) is 2.92. The first kappa shape index (κ1) is 14.8. The van der Waals surface area contributed by atoms with Crippen molar-refractivity contribution in [3.8, 4) is 0 Å². The molecule has 0 saturated heterocycles. The number of non-ortho nitro benzene ring substituents is 1. The number of hydrogen-bond acceptors (Lipinski definition) is 6. The number of aliphatic imine (C=N–C) groups is 1. The number of amides is 1. The molecule has 0 fully saturated rings. The molecule has 106 valence electrons. The number of benzene rings is 1. The van der Waals surface area contributed by atoms with E-state index < -0.39 is 16.6 Å². The molecule has 1 aromatic carbocycles. The first-order chi connectivity index (χ1) is 9.56. The van der Waals surface area contributed by atoms with E-state index in [9.17, 15) is 19.3 Å². The molecular formula is C11H10FN3O3S2. The van der Waals surface area contributed by atoms with Gasteiger partial charge in [0, 0.05) is 17.9 Å². The summed E-state index contributed by atoms with van der Waals surface area (Å²) in [5.41, 5.74) is -0.462. The van der Waals surface area contributed by atoms with Gasteiger partial charge in [0.1, 0.15) is 10.2 Å². The van der Waals surface area contributed by atoms with Crippen LogP contribution in [0.15, 0.2) is 23.2 Å². The highest BCUT2D eigenvalue weighted by Crippen LogP contribution is 2.24. The van der Waals surface area contributed by atoms with Gasteiger partial charge in [-0.1, -0.05) is 23.5 Å². The number of hydrogen-bond donors (Lipinski definition) is 1. The van der Waals surface area contributed by atoms with Crippen molar-refractivity contribution < 1.29 is 14.1 Å². The number of nitrogens with zero attached hydrogens (tertiary/aromatic N) is 2. The zero-order valence-corrected chi connectivity index (χ0v) is 11.8. The minimum atomic E-state index is -0.707. The molecule has 0 radical (unpaired) electrons. The Morgan fingerprint density at radius 1 is 1.60 bits per heavy atom. The quantitative estimate of drug-likeness (QED) is 0.681. The second-order valence-corrected chi connectivity index (χ2v) is 6.06. The summed E-state index contributed by atoms with van der Waals surface area (Å²) in [6, 6.07) is 3.00. The Balaban J connectivity index is 1.96. The third kappa shape index (κ3) is 3.94. The predicted molar refractivity (Wildman–Crippen MR) is 78.9 cm³/mol. The third-order valence-electron chi connectivity index (χ3n) is 2.32. The highest BCUT2D eigenvalue weighted by atomic mass is 32.2. The highest BCUT2D eigenvalue weighted by molar-refractivity contribution is 8.39. The van der Waals surface area contributed by atoms with E-state index in [-0.39, 0.29) is 17.1 Å². The normalized spacial score (nSPS) is 13.9. The summed E-state index contributed by atoms with van der Waals surface area (Å²) in [5, 5.41) is 12.9. The second-order valence-electron chi connectivity index (χ2n) is 3.75. The van der Waals surface area contributed by atoms with Gasteiger partial charge in [-0.25, -0.2) is 4.39 Å². The molecule has 0 saturated carbocycles. The van der Waals surface area contributed by atoms with E-state index in [4.69, 9.17) is 0 Å². The molecular weight excluding hydrogens is 305 g/mol. The Morgan fingerprint density at radius 3 is 3.05 bits per heavy atom. The lowest BCUT2D eigenvalue weighted by Gasteiger charge is -2.06. The van der Waals surface area contributed by atoms with Crippen LogP contribution in [-0.2, 0) is 4.79 Å². The van der Waals surface area contributed by atoms with Gasteiger partial charge in [0.2, 0.25) is 5.91 Å². The van der Waals surface area contributed by atoms with E-state index >= 15 is 0 Å². The first-order valence-electron chi connectivity index (χ1n) is 5.60. The summed E-state index contributed by atoms with van der Waals surface area (Å²) in [5.74, 6) is -0.136. The summed E-state index contributed by atoms with van der Waals surface area (Å²) in [4.78, 5) is 25.8. The number of nitro groups is 1. The summed E-state index contributed by atoms with van der Waals surface area (Å²) >= 11 is 2.84. The zero-order chi connectivity index (χ0) is 14.5. The van der Waals surface area contributed by atoms with Gasteiger partial charge in [-0.2, -0.15) is 0 Å². The molecule has 1 heterocycles. The molecule has 1 aliphatic rings. The monoisotopic (exact) mass is 315 g/mol. The molecule has 0 aromatic heterocycles. The van der Waals surface area contributed by atoms with Gasteiger partial charge < -0.3 is 5.32 Å². The maximum atomic E-state index is 13.5. The van der Waals surface area contributed by atoms with E-state index in [1.807, 2.05) is 0 Å². The molecule has 20 heavy (non-hydrogen) atoms. The molecule has 0 spiro atoms. The van der Waals surface area contributed by atoms with Crippen LogP contribution in [0.2, 0.25) is 0 Å². The number of nitro benzene ring substituents is 1. The van der Waals surface area contributed by atoms with E-state index in [0.29, 0.717) is 0 Å². The number of carbonyl (C=O) groups excluding carboxylic acids is 1. The van der Waals surface area contributed by atoms with Gasteiger partial charge in [0.15, 0.2) is 0 Å². The van der Waals surface area contributed by atoms with E-state index in [2.05, 4.69) is 10.3 Å². The van der Waals surface area contributed by atoms with Gasteiger partial charge in [-0.3, -0.25) is 19.9 Å². The van der Waals surface area contributed by atoms with Crippen LogP contribution in [0.1, 0.15) is 0 Å². The summed E-state index contributed by atoms with van der Waals surface area (Å²) in [6.45, 7) is 0.744. The van der Waals surface area contributed by atoms with Gasteiger partial charge in [-0.05, 0) is 6.07 Å². The first-order valence-corrected chi connectivity index (χ1v) is 7.57. The molecule has 0 atom stereocenters. The van der Waals surface area contributed by atoms with Crippen molar-refractivity contribution in [2.24, 2.45) is 4.99 Å². The lowest BCUT2D eigenvalue weighted by atomic mass is 10.2. The minimum Gasteiger partial charge on any atom is -0.323 e. The summed E-state index contributed by atoms with van der Waals surface area (Å²) in [6.07, 6.45) is 0. The molecule has 1 amide bonds. The summed E-state index contributed by atoms with van der Waals surface area (Å²) in [7, 11) is 0. The van der Waals surface area contributed by atoms with Crippen LogP contribution in [0.25, 0.3) is 0 Å². The van der Waals surface area contributed by atoms with E-state index in [0.717, 1.165) is 34.9 Å². The Bertz CT molecular complexity index is 580. The van der Waals surface area contributed by atoms with Crippen LogP contribution in [-0.4, -0.2) is 33.3 Å². The molecule has 1 N–H and O–H groups in total. The molecule has 0 bridgehead atoms. The zero-order valence-electron chi connectivity index (χ0n) is 10.2. The topological polar surface area (TPSA) is 84.6 Å². The molecule has 0 aliphatic carbocycles. The lowest BCUT2D eigenvalue weighted by molar-refractivity contribution is -0.384. The summed E-state index contributed by atoms with van der Waals surface area (Å²) < 4.78 is 14.3.